The highest BCUT2D eigenvalue weighted by molar-refractivity contribution is 7.09. The van der Waals surface area contributed by atoms with Crippen LogP contribution in [0.4, 0.5) is 0 Å². The van der Waals surface area contributed by atoms with Gasteiger partial charge in [0.05, 0.1) is 17.2 Å². The first kappa shape index (κ1) is 18.7. The van der Waals surface area contributed by atoms with Crippen molar-refractivity contribution in [1.29, 1.82) is 0 Å². The molecule has 0 saturated carbocycles. The summed E-state index contributed by atoms with van der Waals surface area (Å²) in [5.41, 5.74) is 1.04. The Hall–Kier alpha value is -2.08. The molecule has 0 radical (unpaired) electrons. The normalized spacial score (nSPS) is 13.3. The van der Waals surface area contributed by atoms with Crippen LogP contribution in [0, 0.1) is 0 Å². The summed E-state index contributed by atoms with van der Waals surface area (Å²) in [6.07, 6.45) is 1.67. The lowest BCUT2D eigenvalue weighted by Gasteiger charge is -2.20. The quantitative estimate of drug-likeness (QED) is 0.619. The van der Waals surface area contributed by atoms with Gasteiger partial charge in [-0.1, -0.05) is 29.8 Å². The first-order valence-corrected chi connectivity index (χ1v) is 9.79. The fourth-order valence-electron chi connectivity index (χ4n) is 2.86. The summed E-state index contributed by atoms with van der Waals surface area (Å²) in [7, 11) is 0. The van der Waals surface area contributed by atoms with E-state index in [0.717, 1.165) is 22.8 Å². The molecule has 4 nitrogen and oxygen atoms in total. The molecule has 0 aliphatic heterocycles. The molecular formula is C20H22ClN2O2S+. The van der Waals surface area contributed by atoms with Gasteiger partial charge in [0, 0.05) is 5.02 Å². The molecule has 0 fully saturated rings. The molecule has 0 saturated heterocycles. The predicted octanol–water partition coefficient (Wildman–Crippen LogP) is 3.46. The standard InChI is InChI=1S/C20H21ClN2O2S/c1-15(16-6-8-17(21)9-7-16)22-20(24)14-23(12-18-4-2-10-25-18)13-19-5-3-11-26-19/h2-11,15H,12-14H2,1H3,(H,22,24)/p+1/t15-/m0/s1. The van der Waals surface area contributed by atoms with Crippen LogP contribution in [0.2, 0.25) is 5.02 Å². The third kappa shape index (κ3) is 5.46. The number of benzene rings is 1. The molecule has 1 unspecified atom stereocenters. The molecule has 0 spiro atoms. The van der Waals surface area contributed by atoms with Crippen LogP contribution in [-0.2, 0) is 17.9 Å². The van der Waals surface area contributed by atoms with Crippen LogP contribution in [0.1, 0.15) is 29.2 Å². The number of quaternary nitrogens is 1. The first-order valence-electron chi connectivity index (χ1n) is 8.53. The number of nitrogens with one attached hydrogen (secondary N) is 2. The van der Waals surface area contributed by atoms with E-state index in [4.69, 9.17) is 16.0 Å². The lowest BCUT2D eigenvalue weighted by atomic mass is 10.1. The molecule has 1 amide bonds. The zero-order chi connectivity index (χ0) is 18.4. The van der Waals surface area contributed by atoms with Gasteiger partial charge < -0.3 is 14.6 Å². The smallest absolute Gasteiger partial charge is 0.275 e. The van der Waals surface area contributed by atoms with Gasteiger partial charge in [0.2, 0.25) is 0 Å². The van der Waals surface area contributed by atoms with E-state index in [1.54, 1.807) is 17.6 Å². The number of rotatable bonds is 8. The Bertz CT molecular complexity index is 765. The van der Waals surface area contributed by atoms with Gasteiger partial charge in [0.1, 0.15) is 13.1 Å². The Kier molecular flexibility index (Phi) is 6.50. The molecule has 0 aliphatic rings. The summed E-state index contributed by atoms with van der Waals surface area (Å²) in [4.78, 5) is 15.0. The second-order valence-electron chi connectivity index (χ2n) is 6.28. The average molecular weight is 390 g/mol. The predicted molar refractivity (Wildman–Crippen MR) is 104 cm³/mol. The van der Waals surface area contributed by atoms with E-state index in [2.05, 4.69) is 16.8 Å². The van der Waals surface area contributed by atoms with Crippen molar-refractivity contribution in [2.75, 3.05) is 6.54 Å². The molecule has 0 bridgehead atoms. The zero-order valence-electron chi connectivity index (χ0n) is 14.6. The Morgan fingerprint density at radius 2 is 2.00 bits per heavy atom. The minimum absolute atomic E-state index is 0.0190. The van der Waals surface area contributed by atoms with E-state index < -0.39 is 0 Å². The first-order chi connectivity index (χ1) is 12.6. The summed E-state index contributed by atoms with van der Waals surface area (Å²) in [5.74, 6) is 0.903. The van der Waals surface area contributed by atoms with E-state index in [0.29, 0.717) is 18.1 Å². The zero-order valence-corrected chi connectivity index (χ0v) is 16.1. The van der Waals surface area contributed by atoms with Gasteiger partial charge in [-0.15, -0.1) is 11.3 Å². The van der Waals surface area contributed by atoms with Gasteiger partial charge in [0.15, 0.2) is 12.3 Å². The summed E-state index contributed by atoms with van der Waals surface area (Å²) < 4.78 is 5.46. The van der Waals surface area contributed by atoms with Crippen molar-refractivity contribution < 1.29 is 14.1 Å². The molecule has 2 atom stereocenters. The van der Waals surface area contributed by atoms with Crippen molar-refractivity contribution in [2.45, 2.75) is 26.1 Å². The highest BCUT2D eigenvalue weighted by Crippen LogP contribution is 2.15. The van der Waals surface area contributed by atoms with Gasteiger partial charge in [-0.25, -0.2) is 0 Å². The topological polar surface area (TPSA) is 46.7 Å². The van der Waals surface area contributed by atoms with Crippen LogP contribution in [0.5, 0.6) is 0 Å². The maximum absolute atomic E-state index is 12.6. The number of amides is 1. The van der Waals surface area contributed by atoms with Gasteiger partial charge >= 0.3 is 0 Å². The van der Waals surface area contributed by atoms with Gasteiger partial charge in [-0.2, -0.15) is 0 Å². The van der Waals surface area contributed by atoms with Crippen molar-refractivity contribution in [2.24, 2.45) is 0 Å². The second kappa shape index (κ2) is 9.03. The number of carbonyl (C=O) groups excluding carboxylic acids is 1. The summed E-state index contributed by atoms with van der Waals surface area (Å²) >= 11 is 7.64. The second-order valence-corrected chi connectivity index (χ2v) is 7.75. The molecule has 136 valence electrons. The van der Waals surface area contributed by atoms with E-state index >= 15 is 0 Å². The number of furan rings is 1. The summed E-state index contributed by atoms with van der Waals surface area (Å²) in [6.45, 7) is 3.83. The summed E-state index contributed by atoms with van der Waals surface area (Å²) in [6, 6.07) is 15.4. The number of thiophene rings is 1. The largest absolute Gasteiger partial charge is 0.463 e. The summed E-state index contributed by atoms with van der Waals surface area (Å²) in [5, 5.41) is 5.83. The van der Waals surface area contributed by atoms with Crippen molar-refractivity contribution in [1.82, 2.24) is 5.32 Å². The lowest BCUT2D eigenvalue weighted by Crippen LogP contribution is -3.10. The van der Waals surface area contributed by atoms with Crippen LogP contribution < -0.4 is 10.2 Å². The van der Waals surface area contributed by atoms with Gasteiger partial charge in [-0.05, 0) is 48.2 Å². The molecule has 26 heavy (non-hydrogen) atoms. The van der Waals surface area contributed by atoms with Crippen LogP contribution in [0.3, 0.4) is 0 Å². The van der Waals surface area contributed by atoms with Crippen LogP contribution in [-0.4, -0.2) is 12.5 Å². The lowest BCUT2D eigenvalue weighted by molar-refractivity contribution is -0.920. The highest BCUT2D eigenvalue weighted by Gasteiger charge is 2.19. The maximum Gasteiger partial charge on any atom is 0.275 e. The van der Waals surface area contributed by atoms with Gasteiger partial charge in [-0.3, -0.25) is 4.79 Å². The number of hydrogen-bond acceptors (Lipinski definition) is 3. The molecular weight excluding hydrogens is 368 g/mol. The molecule has 6 heteroatoms. The Balaban J connectivity index is 1.61. The van der Waals surface area contributed by atoms with Crippen molar-refractivity contribution in [3.63, 3.8) is 0 Å². The molecule has 3 rings (SSSR count). The van der Waals surface area contributed by atoms with E-state index in [9.17, 15) is 4.79 Å². The monoisotopic (exact) mass is 389 g/mol. The van der Waals surface area contributed by atoms with Crippen LogP contribution in [0.15, 0.2) is 64.6 Å². The maximum atomic E-state index is 12.6. The average Bonchev–Trinajstić information content (AvgIpc) is 3.29. The Morgan fingerprint density at radius 1 is 1.19 bits per heavy atom. The van der Waals surface area contributed by atoms with Crippen molar-refractivity contribution >= 4 is 28.8 Å². The SMILES string of the molecule is C[C@H](NC(=O)C[NH+](Cc1ccco1)Cc1cccs1)c1ccc(Cl)cc1. The van der Waals surface area contributed by atoms with Crippen LogP contribution in [0.25, 0.3) is 0 Å². The molecule has 2 heterocycles. The number of hydrogen-bond donors (Lipinski definition) is 2. The van der Waals surface area contributed by atoms with Crippen LogP contribution >= 0.6 is 22.9 Å². The van der Waals surface area contributed by atoms with E-state index in [1.165, 1.54) is 4.88 Å². The molecule has 2 N–H and O–H groups in total. The molecule has 3 aromatic rings. The number of carbonyl (C=O) groups is 1. The van der Waals surface area contributed by atoms with Gasteiger partial charge in [0.25, 0.3) is 5.91 Å². The molecule has 1 aromatic carbocycles. The highest BCUT2D eigenvalue weighted by atomic mass is 35.5. The van der Waals surface area contributed by atoms with Crippen molar-refractivity contribution in [3.05, 3.63) is 81.4 Å². The van der Waals surface area contributed by atoms with E-state index in [1.807, 2.05) is 49.4 Å². The Morgan fingerprint density at radius 3 is 2.65 bits per heavy atom. The minimum Gasteiger partial charge on any atom is -0.463 e. The fourth-order valence-corrected chi connectivity index (χ4v) is 3.76. The fraction of sp³-hybridized carbons (Fsp3) is 0.250. The number of halogens is 1. The minimum atomic E-state index is -0.0635. The third-order valence-corrected chi connectivity index (χ3v) is 5.30. The molecule has 0 aliphatic carbocycles. The third-order valence-electron chi connectivity index (χ3n) is 4.17. The molecule has 2 aromatic heterocycles. The Labute approximate surface area is 162 Å². The van der Waals surface area contributed by atoms with E-state index in [-0.39, 0.29) is 11.9 Å². The van der Waals surface area contributed by atoms with Crippen molar-refractivity contribution in [3.8, 4) is 0 Å².